The van der Waals surface area contributed by atoms with Crippen LogP contribution in [-0.4, -0.2) is 60.4 Å². The molecule has 0 bridgehead atoms. The average molecular weight is 452 g/mol. The Morgan fingerprint density at radius 2 is 1.84 bits per heavy atom. The number of hydrogen-bond donors (Lipinski definition) is 1. The van der Waals surface area contributed by atoms with Gasteiger partial charge in [-0.2, -0.15) is 0 Å². The minimum atomic E-state index is 0.0171. The van der Waals surface area contributed by atoms with E-state index < -0.39 is 0 Å². The van der Waals surface area contributed by atoms with E-state index in [0.717, 1.165) is 17.7 Å². The predicted molar refractivity (Wildman–Crippen MR) is 120 cm³/mol. The second kappa shape index (κ2) is 14.1. The van der Waals surface area contributed by atoms with Crippen LogP contribution in [0.1, 0.15) is 40.5 Å². The molecule has 31 heavy (non-hydrogen) atoms. The second-order valence-corrected chi connectivity index (χ2v) is 8.93. The Balaban J connectivity index is 1.55. The van der Waals surface area contributed by atoms with Gasteiger partial charge in [-0.25, -0.2) is 0 Å². The van der Waals surface area contributed by atoms with Crippen molar-refractivity contribution < 1.29 is 23.4 Å². The van der Waals surface area contributed by atoms with E-state index in [-0.39, 0.29) is 12.0 Å². The third-order valence-electron chi connectivity index (χ3n) is 3.91. The lowest BCUT2D eigenvalue weighted by Crippen LogP contribution is -2.27. The van der Waals surface area contributed by atoms with Crippen LogP contribution in [0.4, 0.5) is 0 Å². The zero-order valence-corrected chi connectivity index (χ0v) is 19.6. The maximum Gasteiger partial charge on any atom is 0.277 e. The molecule has 0 spiro atoms. The Morgan fingerprint density at radius 3 is 2.55 bits per heavy atom. The largest absolute Gasteiger partial charge is 0.491 e. The zero-order valence-electron chi connectivity index (χ0n) is 18.8. The number of carbonyl (C=O) groups is 1. The number of amides is 1. The fourth-order valence-corrected chi connectivity index (χ4v) is 3.11. The maximum atomic E-state index is 11.7. The molecule has 0 aliphatic rings. The summed E-state index contributed by atoms with van der Waals surface area (Å²) < 4.78 is 22.2. The number of nitrogens with one attached hydrogen (secondary N) is 1. The molecule has 0 unspecified atom stereocenters. The van der Waals surface area contributed by atoms with Gasteiger partial charge < -0.3 is 23.9 Å². The number of hydrogen-bond acceptors (Lipinski definition) is 8. The second-order valence-electron chi connectivity index (χ2n) is 7.40. The number of thioether (sulfide) groups is 1. The van der Waals surface area contributed by atoms with Crippen molar-refractivity contribution in [1.29, 1.82) is 0 Å². The maximum absolute atomic E-state index is 11.7. The molecule has 172 valence electrons. The van der Waals surface area contributed by atoms with Gasteiger partial charge in [-0.3, -0.25) is 4.79 Å². The molecule has 1 amide bonds. The van der Waals surface area contributed by atoms with Crippen molar-refractivity contribution in [2.45, 2.75) is 57.1 Å². The standard InChI is InChI=1S/C22H33N3O5S/c1-16(2)28-12-5-6-20(26)23-11-13-27-14-15-29-19-9-7-18(8-10-19)21-24-25-22(30-21)31-17(3)4/h7-10,16-17H,5-6,11-15H2,1-4H3,(H,23,26). The molecule has 0 saturated heterocycles. The van der Waals surface area contributed by atoms with Crippen LogP contribution < -0.4 is 10.1 Å². The zero-order chi connectivity index (χ0) is 22.5. The molecule has 0 aliphatic heterocycles. The van der Waals surface area contributed by atoms with Crippen LogP contribution in [0.2, 0.25) is 0 Å². The van der Waals surface area contributed by atoms with Crippen molar-refractivity contribution in [3.05, 3.63) is 24.3 Å². The first-order valence-electron chi connectivity index (χ1n) is 10.6. The van der Waals surface area contributed by atoms with Gasteiger partial charge in [-0.05, 0) is 44.5 Å². The summed E-state index contributed by atoms with van der Waals surface area (Å²) in [5.41, 5.74) is 0.846. The molecule has 0 aliphatic carbocycles. The van der Waals surface area contributed by atoms with Crippen LogP contribution in [0.3, 0.4) is 0 Å². The summed E-state index contributed by atoms with van der Waals surface area (Å²) in [4.78, 5) is 11.7. The van der Waals surface area contributed by atoms with Crippen LogP contribution in [0, 0.1) is 0 Å². The molecule has 0 saturated carbocycles. The van der Waals surface area contributed by atoms with Gasteiger partial charge in [0.25, 0.3) is 5.22 Å². The number of aromatic nitrogens is 2. The van der Waals surface area contributed by atoms with E-state index in [2.05, 4.69) is 29.4 Å². The monoisotopic (exact) mass is 451 g/mol. The summed E-state index contributed by atoms with van der Waals surface area (Å²) >= 11 is 1.54. The Bertz CT molecular complexity index is 765. The molecule has 0 radical (unpaired) electrons. The highest BCUT2D eigenvalue weighted by Crippen LogP contribution is 2.26. The normalized spacial score (nSPS) is 11.3. The number of nitrogens with zero attached hydrogens (tertiary/aromatic N) is 2. The van der Waals surface area contributed by atoms with E-state index in [1.54, 1.807) is 0 Å². The lowest BCUT2D eigenvalue weighted by atomic mass is 10.2. The first kappa shape index (κ1) is 25.2. The molecule has 8 nitrogen and oxygen atoms in total. The molecular formula is C22H33N3O5S. The highest BCUT2D eigenvalue weighted by Gasteiger charge is 2.10. The van der Waals surface area contributed by atoms with Gasteiger partial charge >= 0.3 is 0 Å². The minimum Gasteiger partial charge on any atom is -0.491 e. The molecule has 2 aromatic rings. The average Bonchev–Trinajstić information content (AvgIpc) is 3.18. The van der Waals surface area contributed by atoms with Crippen molar-refractivity contribution in [2.75, 3.05) is 33.0 Å². The lowest BCUT2D eigenvalue weighted by Gasteiger charge is -2.09. The van der Waals surface area contributed by atoms with Crippen molar-refractivity contribution in [3.63, 3.8) is 0 Å². The van der Waals surface area contributed by atoms with Crippen LogP contribution >= 0.6 is 11.8 Å². The smallest absolute Gasteiger partial charge is 0.277 e. The van der Waals surface area contributed by atoms with E-state index in [9.17, 15) is 4.79 Å². The fraction of sp³-hybridized carbons (Fsp3) is 0.591. The number of benzene rings is 1. The van der Waals surface area contributed by atoms with Gasteiger partial charge in [-0.15, -0.1) is 10.2 Å². The number of ether oxygens (including phenoxy) is 3. The van der Waals surface area contributed by atoms with E-state index >= 15 is 0 Å². The van der Waals surface area contributed by atoms with Crippen LogP contribution in [0.15, 0.2) is 33.9 Å². The number of rotatable bonds is 15. The Morgan fingerprint density at radius 1 is 1.06 bits per heavy atom. The van der Waals surface area contributed by atoms with E-state index in [1.165, 1.54) is 11.8 Å². The van der Waals surface area contributed by atoms with E-state index in [1.807, 2.05) is 38.1 Å². The predicted octanol–water partition coefficient (Wildman–Crippen LogP) is 3.95. The van der Waals surface area contributed by atoms with Crippen molar-refractivity contribution in [1.82, 2.24) is 15.5 Å². The van der Waals surface area contributed by atoms with Gasteiger partial charge in [0.1, 0.15) is 12.4 Å². The molecule has 0 atom stereocenters. The molecule has 0 fully saturated rings. The van der Waals surface area contributed by atoms with Gasteiger partial charge in [-0.1, -0.05) is 25.6 Å². The van der Waals surface area contributed by atoms with Gasteiger partial charge in [0.2, 0.25) is 11.8 Å². The van der Waals surface area contributed by atoms with Gasteiger partial charge in [0.05, 0.1) is 19.3 Å². The van der Waals surface area contributed by atoms with Gasteiger partial charge in [0, 0.05) is 30.4 Å². The highest BCUT2D eigenvalue weighted by atomic mass is 32.2. The van der Waals surface area contributed by atoms with Crippen LogP contribution in [0.25, 0.3) is 11.5 Å². The Kier molecular flexibility index (Phi) is 11.4. The summed E-state index contributed by atoms with van der Waals surface area (Å²) in [7, 11) is 0. The summed E-state index contributed by atoms with van der Waals surface area (Å²) in [6, 6.07) is 7.49. The van der Waals surface area contributed by atoms with E-state index in [4.69, 9.17) is 18.6 Å². The summed E-state index contributed by atoms with van der Waals surface area (Å²) in [5.74, 6) is 1.25. The summed E-state index contributed by atoms with van der Waals surface area (Å²) in [5, 5.41) is 11.9. The molecule has 1 N–H and O–H groups in total. The molecule has 1 heterocycles. The number of carbonyl (C=O) groups excluding carboxylic acids is 1. The molecule has 2 rings (SSSR count). The molecular weight excluding hydrogens is 418 g/mol. The molecule has 9 heteroatoms. The van der Waals surface area contributed by atoms with Crippen molar-refractivity contribution in [2.24, 2.45) is 0 Å². The quantitative estimate of drug-likeness (QED) is 0.321. The summed E-state index contributed by atoms with van der Waals surface area (Å²) in [6.07, 6.45) is 1.39. The lowest BCUT2D eigenvalue weighted by molar-refractivity contribution is -0.121. The van der Waals surface area contributed by atoms with Gasteiger partial charge in [0.15, 0.2) is 0 Å². The first-order chi connectivity index (χ1) is 14.9. The van der Waals surface area contributed by atoms with Crippen molar-refractivity contribution in [3.8, 4) is 17.2 Å². The summed E-state index contributed by atoms with van der Waals surface area (Å²) in [6.45, 7) is 10.5. The third kappa shape index (κ3) is 10.7. The Labute approximate surface area is 188 Å². The third-order valence-corrected chi connectivity index (χ3v) is 4.75. The highest BCUT2D eigenvalue weighted by molar-refractivity contribution is 7.99. The molecule has 1 aromatic heterocycles. The topological polar surface area (TPSA) is 95.7 Å². The fourth-order valence-electron chi connectivity index (χ4n) is 2.49. The van der Waals surface area contributed by atoms with Crippen molar-refractivity contribution >= 4 is 17.7 Å². The first-order valence-corrected chi connectivity index (χ1v) is 11.5. The minimum absolute atomic E-state index is 0.0171. The van der Waals surface area contributed by atoms with E-state index in [0.29, 0.717) is 55.8 Å². The molecule has 1 aromatic carbocycles. The van der Waals surface area contributed by atoms with Crippen LogP contribution in [-0.2, 0) is 14.3 Å². The SMILES string of the molecule is CC(C)OCCCC(=O)NCCOCCOc1ccc(-c2nnc(SC(C)C)o2)cc1. The van der Waals surface area contributed by atoms with Crippen LogP contribution in [0.5, 0.6) is 5.75 Å². The Hall–Kier alpha value is -2.10.